The normalized spacial score (nSPS) is 15.2. The van der Waals surface area contributed by atoms with Gasteiger partial charge in [0.05, 0.1) is 4.47 Å². The standard InChI is InChI=1S/C13H15Br2NO2/c14-6-7-16(10-2-1-3-10)13(18)9-4-5-11(15)12(17)8-9/h4-5,8,10,17H,1-3,6-7H2. The number of carbonyl (C=O) groups excluding carboxylic acids is 1. The molecule has 0 radical (unpaired) electrons. The molecule has 1 aliphatic carbocycles. The van der Waals surface area contributed by atoms with Crippen molar-refractivity contribution < 1.29 is 9.90 Å². The summed E-state index contributed by atoms with van der Waals surface area (Å²) in [5.74, 6) is 0.107. The van der Waals surface area contributed by atoms with E-state index >= 15 is 0 Å². The minimum absolute atomic E-state index is 0.00181. The average molecular weight is 377 g/mol. The Hall–Kier alpha value is -0.550. The van der Waals surface area contributed by atoms with Crippen LogP contribution in [0.4, 0.5) is 0 Å². The summed E-state index contributed by atoms with van der Waals surface area (Å²) in [4.78, 5) is 14.3. The molecular weight excluding hydrogens is 362 g/mol. The first-order chi connectivity index (χ1) is 8.63. The van der Waals surface area contributed by atoms with E-state index in [1.807, 2.05) is 4.90 Å². The highest BCUT2D eigenvalue weighted by molar-refractivity contribution is 9.10. The minimum atomic E-state index is 0.00181. The van der Waals surface area contributed by atoms with Crippen LogP contribution < -0.4 is 0 Å². The zero-order valence-electron chi connectivity index (χ0n) is 9.90. The third kappa shape index (κ3) is 2.88. The van der Waals surface area contributed by atoms with Crippen molar-refractivity contribution in [2.45, 2.75) is 25.3 Å². The van der Waals surface area contributed by atoms with Gasteiger partial charge in [-0.2, -0.15) is 0 Å². The molecule has 98 valence electrons. The lowest BCUT2D eigenvalue weighted by Gasteiger charge is -2.37. The maximum Gasteiger partial charge on any atom is 0.254 e. The van der Waals surface area contributed by atoms with Gasteiger partial charge in [-0.1, -0.05) is 15.9 Å². The molecule has 0 heterocycles. The zero-order chi connectivity index (χ0) is 13.1. The number of carbonyl (C=O) groups is 1. The zero-order valence-corrected chi connectivity index (χ0v) is 13.1. The first kappa shape index (κ1) is 13.9. The van der Waals surface area contributed by atoms with Crippen LogP contribution in [0.15, 0.2) is 22.7 Å². The Morgan fingerprint density at radius 3 is 2.67 bits per heavy atom. The molecule has 18 heavy (non-hydrogen) atoms. The number of phenolic OH excluding ortho intramolecular Hbond substituents is 1. The number of benzene rings is 1. The van der Waals surface area contributed by atoms with Crippen LogP contribution in [0.2, 0.25) is 0 Å². The van der Waals surface area contributed by atoms with Crippen LogP contribution in [-0.2, 0) is 0 Å². The summed E-state index contributed by atoms with van der Waals surface area (Å²) in [6.07, 6.45) is 3.37. The molecule has 1 fully saturated rings. The van der Waals surface area contributed by atoms with E-state index in [1.54, 1.807) is 12.1 Å². The SMILES string of the molecule is O=C(c1ccc(Br)c(O)c1)N(CCBr)C1CCC1. The molecule has 0 spiro atoms. The molecular formula is C13H15Br2NO2. The summed E-state index contributed by atoms with van der Waals surface area (Å²) in [5, 5.41) is 10.4. The molecule has 1 aromatic rings. The number of hydrogen-bond donors (Lipinski definition) is 1. The van der Waals surface area contributed by atoms with E-state index in [-0.39, 0.29) is 11.7 Å². The predicted molar refractivity (Wildman–Crippen MR) is 78.3 cm³/mol. The number of alkyl halides is 1. The number of phenols is 1. The molecule has 0 aliphatic heterocycles. The number of nitrogens with zero attached hydrogens (tertiary/aromatic N) is 1. The number of amides is 1. The molecule has 0 bridgehead atoms. The summed E-state index contributed by atoms with van der Waals surface area (Å²) in [7, 11) is 0. The molecule has 1 aromatic carbocycles. The van der Waals surface area contributed by atoms with E-state index in [4.69, 9.17) is 0 Å². The fraction of sp³-hybridized carbons (Fsp3) is 0.462. The molecule has 3 nitrogen and oxygen atoms in total. The summed E-state index contributed by atoms with van der Waals surface area (Å²) in [6.45, 7) is 0.709. The van der Waals surface area contributed by atoms with Gasteiger partial charge >= 0.3 is 0 Å². The lowest BCUT2D eigenvalue weighted by molar-refractivity contribution is 0.0599. The highest BCUT2D eigenvalue weighted by Crippen LogP contribution is 2.29. The van der Waals surface area contributed by atoms with Gasteiger partial charge in [0.25, 0.3) is 5.91 Å². The van der Waals surface area contributed by atoms with Gasteiger partial charge in [-0.3, -0.25) is 4.79 Å². The smallest absolute Gasteiger partial charge is 0.254 e. The summed E-state index contributed by atoms with van der Waals surface area (Å²) < 4.78 is 0.606. The molecule has 1 saturated carbocycles. The first-order valence-electron chi connectivity index (χ1n) is 5.99. The second-order valence-electron chi connectivity index (χ2n) is 4.44. The van der Waals surface area contributed by atoms with Crippen molar-refractivity contribution in [3.05, 3.63) is 28.2 Å². The maximum absolute atomic E-state index is 12.4. The van der Waals surface area contributed by atoms with Crippen LogP contribution >= 0.6 is 31.9 Å². The Bertz CT molecular complexity index is 447. The van der Waals surface area contributed by atoms with E-state index in [1.165, 1.54) is 12.5 Å². The van der Waals surface area contributed by atoms with E-state index in [0.29, 0.717) is 22.6 Å². The lowest BCUT2D eigenvalue weighted by Crippen LogP contribution is -2.45. The molecule has 1 amide bonds. The van der Waals surface area contributed by atoms with Gasteiger partial charge in [-0.15, -0.1) is 0 Å². The highest BCUT2D eigenvalue weighted by Gasteiger charge is 2.29. The molecule has 0 aromatic heterocycles. The van der Waals surface area contributed by atoms with Crippen LogP contribution in [0, 0.1) is 0 Å². The van der Waals surface area contributed by atoms with Crippen LogP contribution in [-0.4, -0.2) is 33.8 Å². The largest absolute Gasteiger partial charge is 0.507 e. The second kappa shape index (κ2) is 6.06. The maximum atomic E-state index is 12.4. The quantitative estimate of drug-likeness (QED) is 0.816. The van der Waals surface area contributed by atoms with E-state index in [0.717, 1.165) is 18.2 Å². The van der Waals surface area contributed by atoms with Gasteiger partial charge in [0.15, 0.2) is 0 Å². The molecule has 0 unspecified atom stereocenters. The fourth-order valence-corrected chi connectivity index (χ4v) is 2.68. The van der Waals surface area contributed by atoms with E-state index < -0.39 is 0 Å². The summed E-state index contributed by atoms with van der Waals surface area (Å²) >= 11 is 6.61. The van der Waals surface area contributed by atoms with Gasteiger partial charge in [0, 0.05) is 23.5 Å². The summed E-state index contributed by atoms with van der Waals surface area (Å²) in [6, 6.07) is 5.33. The molecule has 0 atom stereocenters. The Labute approximate surface area is 123 Å². The lowest BCUT2D eigenvalue weighted by atomic mass is 9.91. The minimum Gasteiger partial charge on any atom is -0.507 e. The van der Waals surface area contributed by atoms with E-state index in [9.17, 15) is 9.90 Å². The Morgan fingerprint density at radius 2 is 2.17 bits per heavy atom. The van der Waals surface area contributed by atoms with Crippen molar-refractivity contribution in [3.63, 3.8) is 0 Å². The highest BCUT2D eigenvalue weighted by atomic mass is 79.9. The van der Waals surface area contributed by atoms with Crippen molar-refractivity contribution >= 4 is 37.8 Å². The van der Waals surface area contributed by atoms with Crippen molar-refractivity contribution in [2.24, 2.45) is 0 Å². The topological polar surface area (TPSA) is 40.5 Å². The molecule has 0 saturated heterocycles. The first-order valence-corrected chi connectivity index (χ1v) is 7.90. The van der Waals surface area contributed by atoms with Crippen LogP contribution in [0.3, 0.4) is 0 Å². The number of rotatable bonds is 4. The van der Waals surface area contributed by atoms with Crippen molar-refractivity contribution in [1.82, 2.24) is 4.90 Å². The van der Waals surface area contributed by atoms with Crippen molar-refractivity contribution in [1.29, 1.82) is 0 Å². The fourth-order valence-electron chi connectivity index (χ4n) is 2.05. The molecule has 1 N–H and O–H groups in total. The Kier molecular flexibility index (Phi) is 4.67. The van der Waals surface area contributed by atoms with Gasteiger partial charge in [-0.25, -0.2) is 0 Å². The van der Waals surface area contributed by atoms with Gasteiger partial charge in [-0.05, 0) is 53.4 Å². The van der Waals surface area contributed by atoms with Crippen molar-refractivity contribution in [3.8, 4) is 5.75 Å². The number of hydrogen-bond acceptors (Lipinski definition) is 2. The molecule has 2 rings (SSSR count). The Morgan fingerprint density at radius 1 is 1.44 bits per heavy atom. The van der Waals surface area contributed by atoms with Crippen LogP contribution in [0.1, 0.15) is 29.6 Å². The second-order valence-corrected chi connectivity index (χ2v) is 6.09. The van der Waals surface area contributed by atoms with Crippen LogP contribution in [0.25, 0.3) is 0 Å². The van der Waals surface area contributed by atoms with E-state index in [2.05, 4.69) is 31.9 Å². The van der Waals surface area contributed by atoms with Gasteiger partial charge in [0.1, 0.15) is 5.75 Å². The molecule has 1 aliphatic rings. The monoisotopic (exact) mass is 375 g/mol. The third-order valence-electron chi connectivity index (χ3n) is 3.29. The van der Waals surface area contributed by atoms with Crippen molar-refractivity contribution in [2.75, 3.05) is 11.9 Å². The third-order valence-corrected chi connectivity index (χ3v) is 4.32. The predicted octanol–water partition coefficient (Wildman–Crippen LogP) is 3.54. The number of halogens is 2. The van der Waals surface area contributed by atoms with Gasteiger partial charge < -0.3 is 10.0 Å². The average Bonchev–Trinajstić information content (AvgIpc) is 2.29. The van der Waals surface area contributed by atoms with Crippen LogP contribution in [0.5, 0.6) is 5.75 Å². The summed E-state index contributed by atoms with van der Waals surface area (Å²) in [5.41, 5.74) is 0.545. The van der Waals surface area contributed by atoms with Gasteiger partial charge in [0.2, 0.25) is 0 Å². The Balaban J connectivity index is 2.18. The number of aromatic hydroxyl groups is 1. The molecule has 5 heteroatoms.